The summed E-state index contributed by atoms with van der Waals surface area (Å²) in [5.74, 6) is -0.211. The maximum atomic E-state index is 12.9. The average Bonchev–Trinajstić information content (AvgIpc) is 3.26. The van der Waals surface area contributed by atoms with Crippen LogP contribution in [0.15, 0.2) is 48.6 Å². The molecule has 0 aromatic carbocycles. The maximum absolute atomic E-state index is 12.9. The van der Waals surface area contributed by atoms with Crippen molar-refractivity contribution in [1.82, 2.24) is 5.32 Å². The number of aliphatic hydroxyl groups excluding tert-OH is 1. The fourth-order valence-electron chi connectivity index (χ4n) is 7.91. The molecule has 0 aromatic rings. The van der Waals surface area contributed by atoms with Crippen molar-refractivity contribution in [1.29, 1.82) is 0 Å². The van der Waals surface area contributed by atoms with Gasteiger partial charge in [-0.25, -0.2) is 0 Å². The molecule has 0 aliphatic heterocycles. The van der Waals surface area contributed by atoms with Crippen molar-refractivity contribution in [2.45, 2.75) is 264 Å². The first-order valence-electron chi connectivity index (χ1n) is 27.5. The zero-order valence-corrected chi connectivity index (χ0v) is 44.3. The van der Waals surface area contributed by atoms with Crippen LogP contribution in [0, 0.1) is 0 Å². The number of hydrogen-bond donors (Lipinski definition) is 2. The first-order valence-corrected chi connectivity index (χ1v) is 29.0. The number of carbonyl (C=O) groups excluding carboxylic acids is 1. The molecule has 0 saturated heterocycles. The summed E-state index contributed by atoms with van der Waals surface area (Å²) in [5, 5.41) is 13.8. The highest BCUT2D eigenvalue weighted by Gasteiger charge is 2.23. The molecule has 9 heteroatoms. The van der Waals surface area contributed by atoms with E-state index in [2.05, 4.69) is 55.6 Å². The molecular weight excluding hydrogens is 828 g/mol. The van der Waals surface area contributed by atoms with Crippen LogP contribution in [0.5, 0.6) is 0 Å². The van der Waals surface area contributed by atoms with Gasteiger partial charge in [-0.05, 0) is 64.2 Å². The van der Waals surface area contributed by atoms with E-state index in [9.17, 15) is 19.4 Å². The Bertz CT molecular complexity index is 1200. The van der Waals surface area contributed by atoms with E-state index < -0.39 is 26.6 Å². The summed E-state index contributed by atoms with van der Waals surface area (Å²) in [5.41, 5.74) is 0. The lowest BCUT2D eigenvalue weighted by atomic mass is 10.0. The van der Waals surface area contributed by atoms with Crippen molar-refractivity contribution in [3.63, 3.8) is 0 Å². The number of unbranched alkanes of at least 4 members (excludes halogenated alkanes) is 31. The molecule has 3 unspecified atom stereocenters. The van der Waals surface area contributed by atoms with Gasteiger partial charge in [-0.3, -0.25) is 9.36 Å². The topological polar surface area (TPSA) is 108 Å². The number of quaternary nitrogens is 1. The number of phosphoric acid groups is 1. The molecule has 0 heterocycles. The van der Waals surface area contributed by atoms with Crippen LogP contribution >= 0.6 is 7.82 Å². The molecule has 8 nitrogen and oxygen atoms in total. The molecule has 3 atom stereocenters. The van der Waals surface area contributed by atoms with E-state index in [-0.39, 0.29) is 12.5 Å². The molecule has 0 fully saturated rings. The third-order valence-electron chi connectivity index (χ3n) is 12.3. The van der Waals surface area contributed by atoms with Crippen molar-refractivity contribution >= 4 is 13.7 Å². The third-order valence-corrected chi connectivity index (χ3v) is 13.2. The molecule has 65 heavy (non-hydrogen) atoms. The Balaban J connectivity index is 4.30. The molecule has 0 aromatic heterocycles. The van der Waals surface area contributed by atoms with Gasteiger partial charge >= 0.3 is 0 Å². The number of nitrogens with zero attached hydrogens (tertiary/aromatic N) is 1. The van der Waals surface area contributed by atoms with Gasteiger partial charge in [0.25, 0.3) is 7.82 Å². The second kappa shape index (κ2) is 47.5. The number of aliphatic hydroxyl groups is 1. The molecule has 0 saturated carbocycles. The monoisotopic (exact) mass is 935 g/mol. The van der Waals surface area contributed by atoms with Crippen LogP contribution in [-0.2, 0) is 18.4 Å². The van der Waals surface area contributed by atoms with Crippen LogP contribution in [0.25, 0.3) is 0 Å². The van der Waals surface area contributed by atoms with E-state index in [1.165, 1.54) is 186 Å². The molecule has 2 N–H and O–H groups in total. The Morgan fingerprint density at radius 2 is 0.908 bits per heavy atom. The molecule has 0 bridgehead atoms. The normalized spacial score (nSPS) is 14.4. The van der Waals surface area contributed by atoms with E-state index in [1.54, 1.807) is 6.08 Å². The lowest BCUT2D eigenvalue weighted by molar-refractivity contribution is -0.870. The molecule has 0 aliphatic rings. The van der Waals surface area contributed by atoms with Crippen LogP contribution in [0.2, 0.25) is 0 Å². The smallest absolute Gasteiger partial charge is 0.268 e. The van der Waals surface area contributed by atoms with Crippen LogP contribution in [0.3, 0.4) is 0 Å². The first-order chi connectivity index (χ1) is 31.5. The summed E-state index contributed by atoms with van der Waals surface area (Å²) in [7, 11) is 1.24. The Kier molecular flexibility index (Phi) is 46.4. The highest BCUT2D eigenvalue weighted by atomic mass is 31.2. The molecule has 0 radical (unpaired) electrons. The third kappa shape index (κ3) is 50.2. The van der Waals surface area contributed by atoms with Gasteiger partial charge in [-0.1, -0.05) is 229 Å². The second-order valence-electron chi connectivity index (χ2n) is 19.9. The minimum atomic E-state index is -4.61. The van der Waals surface area contributed by atoms with Gasteiger partial charge in [-0.2, -0.15) is 0 Å². The number of nitrogens with one attached hydrogen (secondary N) is 1. The van der Waals surface area contributed by atoms with Crippen molar-refractivity contribution in [2.75, 3.05) is 40.9 Å². The van der Waals surface area contributed by atoms with Crippen molar-refractivity contribution in [3.05, 3.63) is 48.6 Å². The zero-order valence-electron chi connectivity index (χ0n) is 43.4. The Labute approximate surface area is 403 Å². The SMILES string of the molecule is CCCCC/C=C\C/C=C\CCCCCCCCCCCC(=O)NC(COP(=O)([O-])OCC[N+](C)(C)C)C(O)/C=C/CC/C=C/CCCCCCCCCCCCCCCCCCCC. The molecule has 0 aliphatic carbocycles. The predicted molar refractivity (Wildman–Crippen MR) is 279 cm³/mol. The Hall–Kier alpha value is -1.54. The minimum absolute atomic E-state index is 0.00795. The van der Waals surface area contributed by atoms with Crippen LogP contribution in [-0.4, -0.2) is 68.5 Å². The minimum Gasteiger partial charge on any atom is -0.756 e. The van der Waals surface area contributed by atoms with Gasteiger partial charge in [0.05, 0.1) is 39.9 Å². The first kappa shape index (κ1) is 63.5. The quantitative estimate of drug-likeness (QED) is 0.0272. The Morgan fingerprint density at radius 3 is 1.37 bits per heavy atom. The number of amides is 1. The summed E-state index contributed by atoms with van der Waals surface area (Å²) in [6.07, 6.45) is 61.8. The molecule has 0 spiro atoms. The second-order valence-corrected chi connectivity index (χ2v) is 21.3. The van der Waals surface area contributed by atoms with Gasteiger partial charge in [0, 0.05) is 6.42 Å². The lowest BCUT2D eigenvalue weighted by Gasteiger charge is -2.29. The maximum Gasteiger partial charge on any atom is 0.268 e. The lowest BCUT2D eigenvalue weighted by Crippen LogP contribution is -2.45. The summed E-state index contributed by atoms with van der Waals surface area (Å²) in [6.45, 7) is 4.62. The largest absolute Gasteiger partial charge is 0.756 e. The number of phosphoric ester groups is 1. The van der Waals surface area contributed by atoms with Crippen LogP contribution < -0.4 is 10.2 Å². The highest BCUT2D eigenvalue weighted by molar-refractivity contribution is 7.45. The number of likely N-dealkylation sites (N-methyl/N-ethyl adjacent to an activating group) is 1. The molecule has 1 amide bonds. The number of carbonyl (C=O) groups is 1. The predicted octanol–water partition coefficient (Wildman–Crippen LogP) is 15.7. The van der Waals surface area contributed by atoms with E-state index in [4.69, 9.17) is 9.05 Å². The Morgan fingerprint density at radius 1 is 0.538 bits per heavy atom. The summed E-state index contributed by atoms with van der Waals surface area (Å²) < 4.78 is 23.3. The molecular formula is C56H107N2O6P. The van der Waals surface area contributed by atoms with Gasteiger partial charge in [-0.15, -0.1) is 0 Å². The van der Waals surface area contributed by atoms with Crippen LogP contribution in [0.4, 0.5) is 0 Å². The molecule has 382 valence electrons. The van der Waals surface area contributed by atoms with Crippen molar-refractivity contribution < 1.29 is 32.9 Å². The van der Waals surface area contributed by atoms with Gasteiger partial charge in [0.2, 0.25) is 5.91 Å². The van der Waals surface area contributed by atoms with Gasteiger partial charge in [0.15, 0.2) is 0 Å². The van der Waals surface area contributed by atoms with Gasteiger partial charge < -0.3 is 28.8 Å². The van der Waals surface area contributed by atoms with E-state index in [1.807, 2.05) is 27.2 Å². The van der Waals surface area contributed by atoms with E-state index in [0.29, 0.717) is 17.4 Å². The summed E-state index contributed by atoms with van der Waals surface area (Å²) in [6, 6.07) is -0.907. The number of allylic oxidation sites excluding steroid dienone is 7. The number of hydrogen-bond acceptors (Lipinski definition) is 6. The van der Waals surface area contributed by atoms with Crippen molar-refractivity contribution in [3.8, 4) is 0 Å². The fraction of sp³-hybridized carbons (Fsp3) is 0.839. The molecule has 0 rings (SSSR count). The van der Waals surface area contributed by atoms with E-state index >= 15 is 0 Å². The standard InChI is InChI=1S/C56H107N2O6P/c1-6-8-10-12-14-16-18-20-22-24-26-27-28-29-30-32-33-35-37-39-41-43-45-47-49-55(59)54(53-64-65(61,62)63-52-51-58(3,4)5)57-56(60)50-48-46-44-42-40-38-36-34-31-25-23-21-19-17-15-13-11-9-7-2/h15,17,21,23,39,41,47,49,54-55,59H,6-14,16,18-20,22,24-38,40,42-46,48,50-53H2,1-5H3,(H-,57,60,61,62)/b17-15-,23-21-,41-39+,49-47+. The summed E-state index contributed by atoms with van der Waals surface area (Å²) >= 11 is 0. The summed E-state index contributed by atoms with van der Waals surface area (Å²) in [4.78, 5) is 25.4. The van der Waals surface area contributed by atoms with Crippen molar-refractivity contribution in [2.24, 2.45) is 0 Å². The highest BCUT2D eigenvalue weighted by Crippen LogP contribution is 2.38. The van der Waals surface area contributed by atoms with Gasteiger partial charge in [0.1, 0.15) is 13.2 Å². The zero-order chi connectivity index (χ0) is 47.8. The number of rotatable bonds is 50. The average molecular weight is 935 g/mol. The van der Waals surface area contributed by atoms with Crippen LogP contribution in [0.1, 0.15) is 251 Å². The fourth-order valence-corrected chi connectivity index (χ4v) is 8.63. The van der Waals surface area contributed by atoms with E-state index in [0.717, 1.165) is 44.9 Å².